The number of nitrogens with zero attached hydrogens (tertiary/aromatic N) is 3. The van der Waals surface area contributed by atoms with E-state index in [-0.39, 0.29) is 6.54 Å². The van der Waals surface area contributed by atoms with Crippen molar-refractivity contribution in [3.63, 3.8) is 0 Å². The predicted molar refractivity (Wildman–Crippen MR) is 49.9 cm³/mol. The van der Waals surface area contributed by atoms with Gasteiger partial charge in [-0.15, -0.1) is 10.2 Å². The van der Waals surface area contributed by atoms with E-state index in [2.05, 4.69) is 25.9 Å². The molecule has 0 aromatic carbocycles. The van der Waals surface area contributed by atoms with Crippen molar-refractivity contribution in [2.45, 2.75) is 25.8 Å². The van der Waals surface area contributed by atoms with Crippen molar-refractivity contribution >= 4 is 11.9 Å². The van der Waals surface area contributed by atoms with E-state index in [1.807, 2.05) is 0 Å². The molecule has 86 valence electrons. The molecule has 1 heterocycles. The number of carbonyl (C=O) groups excluding carboxylic acids is 1. The summed E-state index contributed by atoms with van der Waals surface area (Å²) < 4.78 is 0. The molecule has 3 N–H and O–H groups in total. The van der Waals surface area contributed by atoms with Crippen LogP contribution >= 0.6 is 0 Å². The lowest BCUT2D eigenvalue weighted by molar-refractivity contribution is -0.162. The Morgan fingerprint density at radius 1 is 1.50 bits per heavy atom. The lowest BCUT2D eigenvalue weighted by Gasteiger charge is -2.35. The van der Waals surface area contributed by atoms with Crippen LogP contribution in [0.15, 0.2) is 0 Å². The number of carbonyl (C=O) groups is 2. The second-order valence-electron chi connectivity index (χ2n) is 3.75. The minimum atomic E-state index is -1.25. The van der Waals surface area contributed by atoms with E-state index in [0.717, 1.165) is 6.42 Å². The fourth-order valence-electron chi connectivity index (χ4n) is 1.65. The van der Waals surface area contributed by atoms with Crippen molar-refractivity contribution in [3.8, 4) is 0 Å². The molecule has 0 unspecified atom stereocenters. The Morgan fingerprint density at radius 2 is 2.25 bits per heavy atom. The number of aromatic amines is 1. The van der Waals surface area contributed by atoms with Crippen molar-refractivity contribution in [3.05, 3.63) is 5.82 Å². The second kappa shape index (κ2) is 3.87. The Bertz CT molecular complexity index is 398. The monoisotopic (exact) mass is 225 g/mol. The minimum Gasteiger partial charge on any atom is -0.480 e. The van der Waals surface area contributed by atoms with Gasteiger partial charge in [-0.05, 0) is 12.8 Å². The molecule has 0 spiro atoms. The van der Waals surface area contributed by atoms with E-state index >= 15 is 0 Å². The largest absolute Gasteiger partial charge is 0.480 e. The molecule has 0 bridgehead atoms. The van der Waals surface area contributed by atoms with Gasteiger partial charge in [0.25, 0.3) is 0 Å². The fourth-order valence-corrected chi connectivity index (χ4v) is 1.65. The zero-order chi connectivity index (χ0) is 11.6. The molecule has 1 aliphatic rings. The molecule has 2 rings (SSSR count). The average molecular weight is 225 g/mol. The van der Waals surface area contributed by atoms with Crippen molar-refractivity contribution in [2.24, 2.45) is 5.41 Å². The van der Waals surface area contributed by atoms with Crippen molar-refractivity contribution in [1.82, 2.24) is 25.9 Å². The first kappa shape index (κ1) is 10.5. The molecule has 1 saturated carbocycles. The molecular weight excluding hydrogens is 214 g/mol. The molecule has 0 saturated heterocycles. The molecule has 16 heavy (non-hydrogen) atoms. The van der Waals surface area contributed by atoms with E-state index < -0.39 is 17.3 Å². The normalized spacial score (nSPS) is 17.5. The summed E-state index contributed by atoms with van der Waals surface area (Å²) in [5, 5.41) is 24.4. The molecule has 0 atom stereocenters. The zero-order valence-corrected chi connectivity index (χ0v) is 8.43. The summed E-state index contributed by atoms with van der Waals surface area (Å²) in [6.07, 6.45) is 1.54. The zero-order valence-electron chi connectivity index (χ0n) is 8.43. The van der Waals surface area contributed by atoms with Gasteiger partial charge in [0.05, 0.1) is 6.54 Å². The van der Waals surface area contributed by atoms with Crippen LogP contribution in [0.1, 0.15) is 25.1 Å². The summed E-state index contributed by atoms with van der Waals surface area (Å²) >= 11 is 0. The molecule has 1 aliphatic carbocycles. The lowest BCUT2D eigenvalue weighted by atomic mass is 9.68. The number of aromatic nitrogens is 4. The van der Waals surface area contributed by atoms with Crippen molar-refractivity contribution in [2.75, 3.05) is 0 Å². The number of carboxylic acids is 1. The van der Waals surface area contributed by atoms with Gasteiger partial charge < -0.3 is 10.4 Å². The van der Waals surface area contributed by atoms with Gasteiger partial charge in [-0.3, -0.25) is 9.59 Å². The summed E-state index contributed by atoms with van der Waals surface area (Å²) in [5.41, 5.74) is -1.25. The van der Waals surface area contributed by atoms with Crippen LogP contribution in [-0.4, -0.2) is 37.6 Å². The number of nitrogens with one attached hydrogen (secondary N) is 2. The summed E-state index contributed by atoms with van der Waals surface area (Å²) in [7, 11) is 0. The van der Waals surface area contributed by atoms with Gasteiger partial charge in [0.1, 0.15) is 5.41 Å². The highest BCUT2D eigenvalue weighted by atomic mass is 16.4. The fraction of sp³-hybridized carbons (Fsp3) is 0.625. The maximum atomic E-state index is 11.7. The van der Waals surface area contributed by atoms with Gasteiger partial charge in [-0.25, -0.2) is 0 Å². The van der Waals surface area contributed by atoms with E-state index in [1.54, 1.807) is 0 Å². The number of rotatable bonds is 4. The third kappa shape index (κ3) is 1.62. The SMILES string of the molecule is O=C(O)C1(C(=O)NCc2nn[nH]n2)CCC1. The van der Waals surface area contributed by atoms with E-state index in [9.17, 15) is 9.59 Å². The number of aliphatic carboxylic acids is 1. The highest BCUT2D eigenvalue weighted by molar-refractivity contribution is 6.02. The molecular formula is C8H11N5O3. The quantitative estimate of drug-likeness (QED) is 0.569. The topological polar surface area (TPSA) is 121 Å². The van der Waals surface area contributed by atoms with Crippen LogP contribution in [0.5, 0.6) is 0 Å². The summed E-state index contributed by atoms with van der Waals surface area (Å²) in [5.74, 6) is -1.21. The van der Waals surface area contributed by atoms with Gasteiger partial charge in [0, 0.05) is 0 Å². The number of carboxylic acid groups (broad SMARTS) is 1. The van der Waals surface area contributed by atoms with Gasteiger partial charge in [-0.2, -0.15) is 5.21 Å². The van der Waals surface area contributed by atoms with E-state index in [0.29, 0.717) is 18.7 Å². The molecule has 1 aromatic heterocycles. The Hall–Kier alpha value is -1.99. The first-order chi connectivity index (χ1) is 7.65. The molecule has 0 radical (unpaired) electrons. The smallest absolute Gasteiger partial charge is 0.319 e. The van der Waals surface area contributed by atoms with Crippen LogP contribution in [0.2, 0.25) is 0 Å². The van der Waals surface area contributed by atoms with Gasteiger partial charge in [0.15, 0.2) is 5.82 Å². The third-order valence-electron chi connectivity index (χ3n) is 2.85. The molecule has 0 aliphatic heterocycles. The van der Waals surface area contributed by atoms with Crippen LogP contribution in [0.25, 0.3) is 0 Å². The number of H-pyrrole nitrogens is 1. The minimum absolute atomic E-state index is 0.0877. The predicted octanol–water partition coefficient (Wildman–Crippen LogP) is -0.929. The standard InChI is InChI=1S/C8H11N5O3/c14-6(8(7(15)16)2-1-3-8)9-4-5-10-12-13-11-5/h1-4H2,(H,9,14)(H,15,16)(H,10,11,12,13). The Morgan fingerprint density at radius 3 is 2.69 bits per heavy atom. The number of amides is 1. The highest BCUT2D eigenvalue weighted by Crippen LogP contribution is 2.41. The molecule has 8 nitrogen and oxygen atoms in total. The summed E-state index contributed by atoms with van der Waals surface area (Å²) in [6, 6.07) is 0. The third-order valence-corrected chi connectivity index (χ3v) is 2.85. The van der Waals surface area contributed by atoms with Crippen LogP contribution in [0.3, 0.4) is 0 Å². The second-order valence-corrected chi connectivity index (χ2v) is 3.75. The van der Waals surface area contributed by atoms with Crippen LogP contribution < -0.4 is 5.32 Å². The summed E-state index contributed by atoms with van der Waals surface area (Å²) in [6.45, 7) is 0.0877. The molecule has 1 amide bonds. The van der Waals surface area contributed by atoms with Crippen LogP contribution in [0.4, 0.5) is 0 Å². The lowest BCUT2D eigenvalue weighted by Crippen LogP contribution is -2.50. The first-order valence-electron chi connectivity index (χ1n) is 4.89. The van der Waals surface area contributed by atoms with Crippen molar-refractivity contribution < 1.29 is 14.7 Å². The maximum Gasteiger partial charge on any atom is 0.319 e. The first-order valence-corrected chi connectivity index (χ1v) is 4.89. The Labute approximate surface area is 90.4 Å². The highest BCUT2D eigenvalue weighted by Gasteiger charge is 2.51. The Balaban J connectivity index is 1.95. The maximum absolute atomic E-state index is 11.7. The number of tetrazole rings is 1. The van der Waals surface area contributed by atoms with E-state index in [1.165, 1.54) is 0 Å². The van der Waals surface area contributed by atoms with Gasteiger partial charge in [0.2, 0.25) is 5.91 Å². The van der Waals surface area contributed by atoms with Gasteiger partial charge in [-0.1, -0.05) is 11.6 Å². The molecule has 1 fully saturated rings. The van der Waals surface area contributed by atoms with Gasteiger partial charge >= 0.3 is 5.97 Å². The summed E-state index contributed by atoms with van der Waals surface area (Å²) in [4.78, 5) is 22.7. The Kier molecular flexibility index (Phi) is 2.55. The molecule has 8 heteroatoms. The molecule has 1 aromatic rings. The van der Waals surface area contributed by atoms with Crippen LogP contribution in [-0.2, 0) is 16.1 Å². The van der Waals surface area contributed by atoms with Crippen molar-refractivity contribution in [1.29, 1.82) is 0 Å². The number of hydrogen-bond acceptors (Lipinski definition) is 5. The van der Waals surface area contributed by atoms with Crippen LogP contribution in [0, 0.1) is 5.41 Å². The number of hydrogen-bond donors (Lipinski definition) is 3. The average Bonchev–Trinajstić information content (AvgIpc) is 2.64. The van der Waals surface area contributed by atoms with E-state index in [4.69, 9.17) is 5.11 Å².